The standard InChI is InChI=1S/C27H35N3O4/c1-3-26-25(19-29(17-22(31)20-32-2)18-24-15-10-16-33-24)27(34-23-13-8-5-9-14-23)30(28-26)21-11-6-4-7-12-21/h4-9,11-14,22,24,31H,3,10,15-20H2,1-2H3. The zero-order valence-corrected chi connectivity index (χ0v) is 20.1. The van der Waals surface area contributed by atoms with Crippen molar-refractivity contribution in [3.63, 3.8) is 0 Å². The Bertz CT molecular complexity index is 1000. The van der Waals surface area contributed by atoms with Crippen molar-refractivity contribution in [1.29, 1.82) is 0 Å². The van der Waals surface area contributed by atoms with Gasteiger partial charge in [0, 0.05) is 33.4 Å². The van der Waals surface area contributed by atoms with Gasteiger partial charge >= 0.3 is 0 Å². The number of rotatable bonds is 12. The lowest BCUT2D eigenvalue weighted by atomic mass is 10.1. The Labute approximate surface area is 201 Å². The first-order valence-electron chi connectivity index (χ1n) is 12.1. The summed E-state index contributed by atoms with van der Waals surface area (Å²) in [5, 5.41) is 15.5. The largest absolute Gasteiger partial charge is 0.439 e. The number of aryl methyl sites for hydroxylation is 1. The van der Waals surface area contributed by atoms with Gasteiger partial charge in [0.15, 0.2) is 0 Å². The van der Waals surface area contributed by atoms with Crippen molar-refractivity contribution >= 4 is 0 Å². The Hall–Kier alpha value is -2.71. The lowest BCUT2D eigenvalue weighted by molar-refractivity contribution is 0.0155. The molecule has 2 aromatic carbocycles. The summed E-state index contributed by atoms with van der Waals surface area (Å²) < 4.78 is 19.4. The molecule has 3 aromatic rings. The first-order valence-corrected chi connectivity index (χ1v) is 12.1. The highest BCUT2D eigenvalue weighted by molar-refractivity contribution is 5.43. The van der Waals surface area contributed by atoms with Crippen LogP contribution in [0, 0.1) is 0 Å². The molecule has 34 heavy (non-hydrogen) atoms. The summed E-state index contributed by atoms with van der Waals surface area (Å²) in [6.07, 6.45) is 2.47. The summed E-state index contributed by atoms with van der Waals surface area (Å²) in [6, 6.07) is 19.8. The van der Waals surface area contributed by atoms with E-state index < -0.39 is 6.10 Å². The van der Waals surface area contributed by atoms with E-state index in [1.54, 1.807) is 7.11 Å². The molecule has 0 saturated carbocycles. The molecule has 4 rings (SSSR count). The number of aliphatic hydroxyl groups excluding tert-OH is 1. The molecule has 0 bridgehead atoms. The second-order valence-electron chi connectivity index (χ2n) is 8.68. The molecule has 0 spiro atoms. The minimum Gasteiger partial charge on any atom is -0.439 e. The number of hydrogen-bond donors (Lipinski definition) is 1. The van der Waals surface area contributed by atoms with Crippen LogP contribution in [0.3, 0.4) is 0 Å². The van der Waals surface area contributed by atoms with Crippen LogP contribution >= 0.6 is 0 Å². The Morgan fingerprint density at radius 1 is 1.15 bits per heavy atom. The predicted octanol–water partition coefficient (Wildman–Crippen LogP) is 4.22. The average molecular weight is 466 g/mol. The number of aromatic nitrogens is 2. The topological polar surface area (TPSA) is 69.0 Å². The lowest BCUT2D eigenvalue weighted by Crippen LogP contribution is -2.39. The van der Waals surface area contributed by atoms with Crippen molar-refractivity contribution in [2.45, 2.75) is 44.9 Å². The fourth-order valence-electron chi connectivity index (χ4n) is 4.42. The molecule has 7 nitrogen and oxygen atoms in total. The maximum absolute atomic E-state index is 10.5. The molecule has 1 aromatic heterocycles. The molecule has 1 fully saturated rings. The van der Waals surface area contributed by atoms with Crippen LogP contribution in [-0.4, -0.2) is 65.4 Å². The summed E-state index contributed by atoms with van der Waals surface area (Å²) in [5.41, 5.74) is 2.95. The fraction of sp³-hybridized carbons (Fsp3) is 0.444. The second-order valence-corrected chi connectivity index (χ2v) is 8.68. The fourth-order valence-corrected chi connectivity index (χ4v) is 4.42. The van der Waals surface area contributed by atoms with Gasteiger partial charge in [0.2, 0.25) is 5.88 Å². The molecule has 2 atom stereocenters. The van der Waals surface area contributed by atoms with E-state index in [1.165, 1.54) is 0 Å². The van der Waals surface area contributed by atoms with Crippen molar-refractivity contribution in [3.05, 3.63) is 71.9 Å². The van der Waals surface area contributed by atoms with Crippen LogP contribution < -0.4 is 4.74 Å². The van der Waals surface area contributed by atoms with E-state index in [1.807, 2.05) is 65.3 Å². The van der Waals surface area contributed by atoms with Crippen molar-refractivity contribution in [2.24, 2.45) is 0 Å². The zero-order chi connectivity index (χ0) is 23.8. The molecule has 7 heteroatoms. The third-order valence-corrected chi connectivity index (χ3v) is 6.01. The highest BCUT2D eigenvalue weighted by atomic mass is 16.5. The highest BCUT2D eigenvalue weighted by Gasteiger charge is 2.26. The minimum absolute atomic E-state index is 0.169. The summed E-state index contributed by atoms with van der Waals surface area (Å²) in [7, 11) is 1.61. The number of para-hydroxylation sites is 2. The number of aliphatic hydroxyl groups is 1. The Morgan fingerprint density at radius 2 is 1.88 bits per heavy atom. The van der Waals surface area contributed by atoms with Crippen molar-refractivity contribution in [2.75, 3.05) is 33.4 Å². The number of hydrogen-bond acceptors (Lipinski definition) is 6. The van der Waals surface area contributed by atoms with E-state index in [9.17, 15) is 5.11 Å². The maximum Gasteiger partial charge on any atom is 0.227 e. The van der Waals surface area contributed by atoms with E-state index in [2.05, 4.69) is 11.8 Å². The first-order chi connectivity index (χ1) is 16.7. The maximum atomic E-state index is 10.5. The van der Waals surface area contributed by atoms with Crippen LogP contribution in [0.5, 0.6) is 11.6 Å². The van der Waals surface area contributed by atoms with Crippen LogP contribution in [-0.2, 0) is 22.4 Å². The van der Waals surface area contributed by atoms with E-state index in [-0.39, 0.29) is 6.10 Å². The lowest BCUT2D eigenvalue weighted by Gasteiger charge is -2.27. The molecular formula is C27H35N3O4. The zero-order valence-electron chi connectivity index (χ0n) is 20.1. The number of ether oxygens (including phenoxy) is 3. The smallest absolute Gasteiger partial charge is 0.227 e. The van der Waals surface area contributed by atoms with Crippen LogP contribution in [0.4, 0.5) is 0 Å². The van der Waals surface area contributed by atoms with Crippen LogP contribution in [0.15, 0.2) is 60.7 Å². The second kappa shape index (κ2) is 12.1. The van der Waals surface area contributed by atoms with Crippen molar-refractivity contribution in [1.82, 2.24) is 14.7 Å². The third-order valence-electron chi connectivity index (χ3n) is 6.01. The molecule has 182 valence electrons. The Balaban J connectivity index is 1.70. The molecule has 2 unspecified atom stereocenters. The summed E-state index contributed by atoms with van der Waals surface area (Å²) in [5.74, 6) is 1.46. The molecule has 0 amide bonds. The monoisotopic (exact) mass is 465 g/mol. The van der Waals surface area contributed by atoms with Crippen molar-refractivity contribution < 1.29 is 19.3 Å². The van der Waals surface area contributed by atoms with Gasteiger partial charge in [-0.2, -0.15) is 5.10 Å². The van der Waals surface area contributed by atoms with Gasteiger partial charge in [-0.1, -0.05) is 43.3 Å². The number of methoxy groups -OCH3 is 1. The van der Waals surface area contributed by atoms with Gasteiger partial charge in [0.05, 0.1) is 35.8 Å². The quantitative estimate of drug-likeness (QED) is 0.432. The van der Waals surface area contributed by atoms with Crippen LogP contribution in [0.25, 0.3) is 5.69 Å². The predicted molar refractivity (Wildman–Crippen MR) is 132 cm³/mol. The average Bonchev–Trinajstić information content (AvgIpc) is 3.48. The third kappa shape index (κ3) is 6.24. The van der Waals surface area contributed by atoms with Gasteiger partial charge in [0.1, 0.15) is 5.75 Å². The molecule has 1 N–H and O–H groups in total. The molecule has 1 aliphatic rings. The van der Waals surface area contributed by atoms with Crippen LogP contribution in [0.1, 0.15) is 31.0 Å². The van der Waals surface area contributed by atoms with Gasteiger partial charge in [-0.15, -0.1) is 0 Å². The Morgan fingerprint density at radius 3 is 2.53 bits per heavy atom. The van der Waals surface area contributed by atoms with E-state index >= 15 is 0 Å². The molecule has 0 aliphatic carbocycles. The molecular weight excluding hydrogens is 430 g/mol. The number of benzene rings is 2. The van der Waals surface area contributed by atoms with Crippen molar-refractivity contribution in [3.8, 4) is 17.3 Å². The normalized spacial score (nSPS) is 16.8. The van der Waals surface area contributed by atoms with E-state index in [0.717, 1.165) is 55.1 Å². The van der Waals surface area contributed by atoms with Gasteiger partial charge in [-0.3, -0.25) is 4.90 Å². The SMILES string of the molecule is CCc1nn(-c2ccccc2)c(Oc2ccccc2)c1CN(CC(O)COC)CC1CCCO1. The summed E-state index contributed by atoms with van der Waals surface area (Å²) in [4.78, 5) is 2.24. The molecule has 0 radical (unpaired) electrons. The van der Waals surface area contributed by atoms with Gasteiger partial charge < -0.3 is 19.3 Å². The number of nitrogens with zero attached hydrogens (tertiary/aromatic N) is 3. The Kier molecular flexibility index (Phi) is 8.71. The molecule has 1 saturated heterocycles. The molecule has 2 heterocycles. The highest BCUT2D eigenvalue weighted by Crippen LogP contribution is 2.32. The van der Waals surface area contributed by atoms with Gasteiger partial charge in [-0.05, 0) is 43.5 Å². The van der Waals surface area contributed by atoms with Gasteiger partial charge in [0.25, 0.3) is 0 Å². The van der Waals surface area contributed by atoms with E-state index in [0.29, 0.717) is 25.6 Å². The first kappa shape index (κ1) is 24.4. The summed E-state index contributed by atoms with van der Waals surface area (Å²) in [6.45, 7) is 5.02. The van der Waals surface area contributed by atoms with Crippen LogP contribution in [0.2, 0.25) is 0 Å². The molecule has 1 aliphatic heterocycles. The van der Waals surface area contributed by atoms with E-state index in [4.69, 9.17) is 19.3 Å². The minimum atomic E-state index is -0.584. The summed E-state index contributed by atoms with van der Waals surface area (Å²) >= 11 is 0. The van der Waals surface area contributed by atoms with Gasteiger partial charge in [-0.25, -0.2) is 4.68 Å².